The molecule has 0 saturated carbocycles. The Morgan fingerprint density at radius 1 is 0.368 bits per heavy atom. The summed E-state index contributed by atoms with van der Waals surface area (Å²) in [4.78, 5) is 5.18. The number of furan rings is 1. The van der Waals surface area contributed by atoms with Crippen molar-refractivity contribution in [3.8, 4) is 22.3 Å². The highest BCUT2D eigenvalue weighted by molar-refractivity contribution is 7.00. The third kappa shape index (κ3) is 6.63. The third-order valence-electron chi connectivity index (χ3n) is 14.7. The normalized spacial score (nSPS) is 13.6. The fourth-order valence-corrected chi connectivity index (χ4v) is 11.0. The maximum absolute atomic E-state index is 6.55. The van der Waals surface area contributed by atoms with E-state index < -0.39 is 0 Å². The number of nitrogens with zero attached hydrogens (tertiary/aromatic N) is 2. The van der Waals surface area contributed by atoms with Gasteiger partial charge < -0.3 is 14.2 Å². The van der Waals surface area contributed by atoms with E-state index in [1.807, 2.05) is 6.07 Å². The van der Waals surface area contributed by atoms with E-state index in [-0.39, 0.29) is 23.0 Å². The van der Waals surface area contributed by atoms with Crippen LogP contribution >= 0.6 is 0 Å². The van der Waals surface area contributed by atoms with E-state index >= 15 is 0 Å². The van der Waals surface area contributed by atoms with Crippen molar-refractivity contribution >= 4 is 89.9 Å². The number of rotatable bonds is 4. The van der Waals surface area contributed by atoms with Crippen molar-refractivity contribution < 1.29 is 4.42 Å². The van der Waals surface area contributed by atoms with E-state index in [4.69, 9.17) is 4.42 Å². The lowest BCUT2D eigenvalue weighted by molar-refractivity contribution is 0.589. The lowest BCUT2D eigenvalue weighted by Crippen LogP contribution is -2.61. The van der Waals surface area contributed by atoms with Crippen LogP contribution in [0.5, 0.6) is 0 Å². The summed E-state index contributed by atoms with van der Waals surface area (Å²) in [7, 11) is 0. The molecule has 332 valence electrons. The Morgan fingerprint density at radius 2 is 0.941 bits per heavy atom. The zero-order valence-corrected chi connectivity index (χ0v) is 40.7. The van der Waals surface area contributed by atoms with Crippen molar-refractivity contribution in [2.75, 3.05) is 9.80 Å². The summed E-state index contributed by atoms with van der Waals surface area (Å²) in [5.41, 5.74) is 21.5. The van der Waals surface area contributed by atoms with Crippen LogP contribution in [0.2, 0.25) is 0 Å². The van der Waals surface area contributed by atoms with Crippen LogP contribution in [0.25, 0.3) is 55.0 Å². The van der Waals surface area contributed by atoms with Gasteiger partial charge in [0.1, 0.15) is 11.2 Å². The molecule has 4 heteroatoms. The van der Waals surface area contributed by atoms with E-state index in [1.165, 1.54) is 83.4 Å². The van der Waals surface area contributed by atoms with Crippen molar-refractivity contribution in [1.82, 2.24) is 0 Å². The maximum Gasteiger partial charge on any atom is 0.252 e. The van der Waals surface area contributed by atoms with Gasteiger partial charge in [-0.25, -0.2) is 0 Å². The number of hydrogen-bond acceptors (Lipinski definition) is 3. The van der Waals surface area contributed by atoms with E-state index in [0.29, 0.717) is 0 Å². The van der Waals surface area contributed by atoms with E-state index in [1.54, 1.807) is 0 Å². The zero-order valence-electron chi connectivity index (χ0n) is 40.7. The van der Waals surface area contributed by atoms with Crippen LogP contribution in [0.15, 0.2) is 186 Å². The summed E-state index contributed by atoms with van der Waals surface area (Å²) in [5.74, 6) is 0. The van der Waals surface area contributed by atoms with Gasteiger partial charge >= 0.3 is 0 Å². The summed E-state index contributed by atoms with van der Waals surface area (Å²) in [6.45, 7) is 21.1. The Labute approximate surface area is 401 Å². The molecule has 3 heterocycles. The average molecular weight is 881 g/mol. The molecule has 9 aromatic carbocycles. The summed E-state index contributed by atoms with van der Waals surface area (Å²) in [5, 5.41) is 4.75. The Bertz CT molecular complexity index is 3640. The summed E-state index contributed by atoms with van der Waals surface area (Å²) >= 11 is 0. The SMILES string of the molecule is CC(C)(C)c1ccc2c(c1)B1c3ccc(C(C)(C)C)cc3N(c3cccc4c(-c5ccccc5)cccc34)c3cc(C(C)(C)C)cc(c31)N2c1ccc(-c2cccc3c2oc2ccccc23)cc1. The van der Waals surface area contributed by atoms with Crippen LogP contribution in [0.4, 0.5) is 34.1 Å². The molecule has 0 saturated heterocycles. The molecule has 2 aliphatic heterocycles. The van der Waals surface area contributed by atoms with Crippen molar-refractivity contribution in [2.45, 2.75) is 78.6 Å². The minimum atomic E-state index is -0.142. The first kappa shape index (κ1) is 42.1. The smallest absolute Gasteiger partial charge is 0.252 e. The molecular formula is C64H57BN2O. The van der Waals surface area contributed by atoms with Crippen LogP contribution in [-0.4, -0.2) is 6.71 Å². The predicted molar refractivity (Wildman–Crippen MR) is 292 cm³/mol. The Hall–Kier alpha value is -7.30. The van der Waals surface area contributed by atoms with Crippen LogP contribution in [0.1, 0.15) is 79.0 Å². The second-order valence-electron chi connectivity index (χ2n) is 22.2. The number of fused-ring (bicyclic) bond motifs is 8. The highest BCUT2D eigenvalue weighted by Crippen LogP contribution is 2.49. The lowest BCUT2D eigenvalue weighted by Gasteiger charge is -2.46. The molecule has 0 atom stereocenters. The minimum absolute atomic E-state index is 0.00246. The van der Waals surface area contributed by atoms with Gasteiger partial charge in [0.25, 0.3) is 6.71 Å². The van der Waals surface area contributed by atoms with Crippen molar-refractivity contribution in [3.05, 3.63) is 199 Å². The van der Waals surface area contributed by atoms with Gasteiger partial charge in [0.2, 0.25) is 0 Å². The van der Waals surface area contributed by atoms with Crippen LogP contribution < -0.4 is 26.2 Å². The third-order valence-corrected chi connectivity index (χ3v) is 14.7. The van der Waals surface area contributed by atoms with E-state index in [0.717, 1.165) is 38.8 Å². The van der Waals surface area contributed by atoms with Gasteiger partial charge in [-0.1, -0.05) is 196 Å². The molecule has 12 rings (SSSR count). The Kier molecular flexibility index (Phi) is 9.35. The molecule has 68 heavy (non-hydrogen) atoms. The van der Waals surface area contributed by atoms with Gasteiger partial charge in [-0.2, -0.15) is 0 Å². The number of hydrogen-bond donors (Lipinski definition) is 0. The first-order chi connectivity index (χ1) is 32.6. The molecule has 0 bridgehead atoms. The van der Waals surface area contributed by atoms with Gasteiger partial charge in [-0.05, 0) is 120 Å². The quantitative estimate of drug-likeness (QED) is 0.164. The van der Waals surface area contributed by atoms with E-state index in [9.17, 15) is 0 Å². The predicted octanol–water partition coefficient (Wildman–Crippen LogP) is 16.0. The Morgan fingerprint density at radius 3 is 1.68 bits per heavy atom. The van der Waals surface area contributed by atoms with Crippen molar-refractivity contribution in [1.29, 1.82) is 0 Å². The first-order valence-electron chi connectivity index (χ1n) is 24.3. The zero-order chi connectivity index (χ0) is 46.9. The molecule has 10 aromatic rings. The van der Waals surface area contributed by atoms with Crippen molar-refractivity contribution in [2.24, 2.45) is 0 Å². The highest BCUT2D eigenvalue weighted by Gasteiger charge is 2.45. The van der Waals surface area contributed by atoms with Crippen LogP contribution in [-0.2, 0) is 16.2 Å². The van der Waals surface area contributed by atoms with Gasteiger partial charge in [0, 0.05) is 50.2 Å². The largest absolute Gasteiger partial charge is 0.455 e. The molecule has 0 fully saturated rings. The van der Waals surface area contributed by atoms with Crippen LogP contribution in [0, 0.1) is 0 Å². The summed E-state index contributed by atoms with van der Waals surface area (Å²) in [6, 6.07) is 68.2. The number of anilines is 6. The average Bonchev–Trinajstić information content (AvgIpc) is 3.72. The number of benzene rings is 9. The highest BCUT2D eigenvalue weighted by atomic mass is 16.3. The Balaban J connectivity index is 1.14. The van der Waals surface area contributed by atoms with Gasteiger partial charge in [-0.3, -0.25) is 0 Å². The van der Waals surface area contributed by atoms with Crippen molar-refractivity contribution in [3.63, 3.8) is 0 Å². The summed E-state index contributed by atoms with van der Waals surface area (Å²) < 4.78 is 6.55. The molecule has 0 unspecified atom stereocenters. The van der Waals surface area contributed by atoms with E-state index in [2.05, 4.69) is 248 Å². The van der Waals surface area contributed by atoms with Crippen LogP contribution in [0.3, 0.4) is 0 Å². The molecule has 0 radical (unpaired) electrons. The molecule has 2 aliphatic rings. The second-order valence-corrected chi connectivity index (χ2v) is 22.2. The molecule has 0 amide bonds. The van der Waals surface area contributed by atoms with Gasteiger partial charge in [-0.15, -0.1) is 0 Å². The maximum atomic E-state index is 6.55. The monoisotopic (exact) mass is 880 g/mol. The first-order valence-corrected chi connectivity index (χ1v) is 24.3. The fraction of sp³-hybridized carbons (Fsp3) is 0.188. The molecule has 1 aromatic heterocycles. The molecule has 0 aliphatic carbocycles. The summed E-state index contributed by atoms with van der Waals surface area (Å²) in [6.07, 6.45) is 0. The second kappa shape index (κ2) is 15.1. The topological polar surface area (TPSA) is 19.6 Å². The van der Waals surface area contributed by atoms with Gasteiger partial charge in [0.15, 0.2) is 0 Å². The molecule has 3 nitrogen and oxygen atoms in total. The van der Waals surface area contributed by atoms with Gasteiger partial charge in [0.05, 0.1) is 5.69 Å². The lowest BCUT2D eigenvalue weighted by atomic mass is 9.33. The standard InChI is InChI=1S/C64H57BN2O/c1-62(2,3)42-31-35-55-53(36-42)65-52-34-30-43(63(4,5)6)37-56(52)67(54-26-17-23-48-46(21-15-24-49(48)54)40-18-11-10-12-19-40)58-39-44(64(7,8)9)38-57(60(58)65)66(55)45-32-28-41(29-33-45)47-22-16-25-51-50-20-13-14-27-59(50)68-61(47)51/h10-39H,1-9H3. The number of para-hydroxylation sites is 2. The minimum Gasteiger partial charge on any atom is -0.455 e. The molecule has 0 N–H and O–H groups in total. The molecular weight excluding hydrogens is 824 g/mol. The fourth-order valence-electron chi connectivity index (χ4n) is 11.0. The molecule has 0 spiro atoms.